The second-order valence-electron chi connectivity index (χ2n) is 3.57. The summed E-state index contributed by atoms with van der Waals surface area (Å²) in [6.45, 7) is 0. The van der Waals surface area contributed by atoms with Crippen molar-refractivity contribution in [2.45, 2.75) is 5.51 Å². The van der Waals surface area contributed by atoms with E-state index in [0.29, 0.717) is 6.07 Å². The summed E-state index contributed by atoms with van der Waals surface area (Å²) >= 11 is 0. The molecule has 0 fully saturated rings. The number of hydrogen-bond acceptors (Lipinski definition) is 7. The van der Waals surface area contributed by atoms with Gasteiger partial charge in [-0.2, -0.15) is 21.6 Å². The number of esters is 1. The number of anilines is 1. The summed E-state index contributed by atoms with van der Waals surface area (Å²) < 4.78 is 71.7. The van der Waals surface area contributed by atoms with E-state index in [1.54, 1.807) is 0 Å². The number of ether oxygens (including phenoxy) is 2. The van der Waals surface area contributed by atoms with Gasteiger partial charge in [-0.3, -0.25) is 0 Å². The van der Waals surface area contributed by atoms with Gasteiger partial charge in [0.15, 0.2) is 11.5 Å². The highest BCUT2D eigenvalue weighted by Gasteiger charge is 2.49. The number of carbonyl (C=O) groups is 1. The van der Waals surface area contributed by atoms with Gasteiger partial charge in [-0.05, 0) is 0 Å². The molecular formula is C10H10F3NO6S. The number of nitrogen functional groups attached to an aromatic ring is 1. The average molecular weight is 329 g/mol. The summed E-state index contributed by atoms with van der Waals surface area (Å²) in [5.74, 6) is -2.12. The third-order valence-electron chi connectivity index (χ3n) is 2.22. The lowest BCUT2D eigenvalue weighted by Crippen LogP contribution is -2.28. The molecule has 0 radical (unpaired) electrons. The van der Waals surface area contributed by atoms with Gasteiger partial charge in [-0.15, -0.1) is 0 Å². The Bertz CT molecular complexity index is 655. The van der Waals surface area contributed by atoms with Gasteiger partial charge in [0.1, 0.15) is 0 Å². The van der Waals surface area contributed by atoms with Crippen LogP contribution in [0.3, 0.4) is 0 Å². The predicted molar refractivity (Wildman–Crippen MR) is 64.3 cm³/mol. The van der Waals surface area contributed by atoms with E-state index >= 15 is 0 Å². The number of alkyl halides is 3. The van der Waals surface area contributed by atoms with Crippen molar-refractivity contribution in [3.05, 3.63) is 17.7 Å². The summed E-state index contributed by atoms with van der Waals surface area (Å²) in [7, 11) is -3.79. The van der Waals surface area contributed by atoms with Crippen LogP contribution in [0, 0.1) is 0 Å². The van der Waals surface area contributed by atoms with E-state index in [9.17, 15) is 26.4 Å². The van der Waals surface area contributed by atoms with Crippen LogP contribution in [0.5, 0.6) is 11.5 Å². The lowest BCUT2D eigenvalue weighted by molar-refractivity contribution is -0.0500. The molecule has 1 rings (SSSR count). The lowest BCUT2D eigenvalue weighted by atomic mass is 10.1. The van der Waals surface area contributed by atoms with Crippen LogP contribution >= 0.6 is 0 Å². The molecule has 0 aliphatic carbocycles. The van der Waals surface area contributed by atoms with E-state index < -0.39 is 33.1 Å². The van der Waals surface area contributed by atoms with Crippen molar-refractivity contribution in [1.29, 1.82) is 0 Å². The van der Waals surface area contributed by atoms with Gasteiger partial charge in [-0.1, -0.05) is 0 Å². The van der Waals surface area contributed by atoms with E-state index in [-0.39, 0.29) is 11.3 Å². The zero-order valence-corrected chi connectivity index (χ0v) is 11.5. The van der Waals surface area contributed by atoms with Crippen LogP contribution in [0.15, 0.2) is 12.1 Å². The fraction of sp³-hybridized carbons (Fsp3) is 0.300. The monoisotopic (exact) mass is 329 g/mol. The molecule has 0 unspecified atom stereocenters. The standard InChI is InChI=1S/C10H10F3NO6S/c1-18-7-3-5(9(15)19-2)6(14)4-8(7)20-21(16,17)10(11,12)13/h3-4H,14H2,1-2H3. The molecule has 11 heteroatoms. The van der Waals surface area contributed by atoms with Crippen LogP contribution in [-0.2, 0) is 14.9 Å². The Morgan fingerprint density at radius 2 is 1.76 bits per heavy atom. The van der Waals surface area contributed by atoms with Crippen molar-refractivity contribution in [1.82, 2.24) is 0 Å². The van der Waals surface area contributed by atoms with Crippen molar-refractivity contribution in [3.8, 4) is 11.5 Å². The highest BCUT2D eigenvalue weighted by Crippen LogP contribution is 2.36. The Balaban J connectivity index is 3.33. The van der Waals surface area contributed by atoms with Gasteiger partial charge in [-0.25, -0.2) is 4.79 Å². The molecule has 2 N–H and O–H groups in total. The molecule has 0 amide bonds. The average Bonchev–Trinajstić information content (AvgIpc) is 2.36. The van der Waals surface area contributed by atoms with Gasteiger partial charge in [0.25, 0.3) is 0 Å². The topological polar surface area (TPSA) is 105 Å². The third kappa shape index (κ3) is 3.48. The van der Waals surface area contributed by atoms with Crippen molar-refractivity contribution >= 4 is 21.8 Å². The Morgan fingerprint density at radius 1 is 1.19 bits per heavy atom. The van der Waals surface area contributed by atoms with Crippen molar-refractivity contribution in [2.75, 3.05) is 20.0 Å². The number of nitrogens with two attached hydrogens (primary N) is 1. The van der Waals surface area contributed by atoms with Gasteiger partial charge in [0, 0.05) is 12.1 Å². The lowest BCUT2D eigenvalue weighted by Gasteiger charge is -2.14. The van der Waals surface area contributed by atoms with Gasteiger partial charge in [0.05, 0.1) is 25.5 Å². The quantitative estimate of drug-likeness (QED) is 0.384. The Morgan fingerprint density at radius 3 is 2.19 bits per heavy atom. The van der Waals surface area contributed by atoms with E-state index in [4.69, 9.17) is 5.73 Å². The first-order chi connectivity index (χ1) is 9.53. The maximum Gasteiger partial charge on any atom is 0.534 e. The maximum absolute atomic E-state index is 12.3. The first-order valence-corrected chi connectivity index (χ1v) is 6.51. The normalized spacial score (nSPS) is 11.9. The van der Waals surface area contributed by atoms with Gasteiger partial charge < -0.3 is 19.4 Å². The zero-order chi connectivity index (χ0) is 16.4. The molecule has 0 bridgehead atoms. The second-order valence-corrected chi connectivity index (χ2v) is 5.10. The van der Waals surface area contributed by atoms with E-state index in [1.165, 1.54) is 0 Å². The molecule has 0 aliphatic rings. The molecule has 1 aromatic rings. The van der Waals surface area contributed by atoms with E-state index in [0.717, 1.165) is 20.3 Å². The highest BCUT2D eigenvalue weighted by molar-refractivity contribution is 7.88. The SMILES string of the molecule is COC(=O)c1cc(OC)c(OS(=O)(=O)C(F)(F)F)cc1N. The van der Waals surface area contributed by atoms with Crippen molar-refractivity contribution in [3.63, 3.8) is 0 Å². The molecule has 21 heavy (non-hydrogen) atoms. The fourth-order valence-electron chi connectivity index (χ4n) is 1.25. The minimum Gasteiger partial charge on any atom is -0.493 e. The molecule has 0 saturated carbocycles. The van der Waals surface area contributed by atoms with Crippen LogP contribution in [0.1, 0.15) is 10.4 Å². The number of methoxy groups -OCH3 is 2. The highest BCUT2D eigenvalue weighted by atomic mass is 32.2. The summed E-state index contributed by atoms with van der Waals surface area (Å²) in [5, 5.41) is 0. The number of halogens is 3. The van der Waals surface area contributed by atoms with Crippen molar-refractivity contribution < 1.29 is 40.0 Å². The smallest absolute Gasteiger partial charge is 0.493 e. The Kier molecular flexibility index (Phi) is 4.56. The third-order valence-corrected chi connectivity index (χ3v) is 3.19. The molecule has 1 aromatic carbocycles. The summed E-state index contributed by atoms with van der Waals surface area (Å²) in [4.78, 5) is 11.4. The molecule has 7 nitrogen and oxygen atoms in total. The number of rotatable bonds is 4. The number of benzene rings is 1. The molecule has 0 spiro atoms. The summed E-state index contributed by atoms with van der Waals surface area (Å²) in [6, 6.07) is 1.62. The molecule has 0 aromatic heterocycles. The van der Waals surface area contributed by atoms with Crippen LogP contribution < -0.4 is 14.7 Å². The van der Waals surface area contributed by atoms with Crippen LogP contribution in [0.25, 0.3) is 0 Å². The van der Waals surface area contributed by atoms with Crippen molar-refractivity contribution in [2.24, 2.45) is 0 Å². The van der Waals surface area contributed by atoms with E-state index in [2.05, 4.69) is 13.7 Å². The van der Waals surface area contributed by atoms with Crippen LogP contribution in [0.4, 0.5) is 18.9 Å². The fourth-order valence-corrected chi connectivity index (χ4v) is 1.71. The zero-order valence-electron chi connectivity index (χ0n) is 10.7. The number of carbonyl (C=O) groups excluding carboxylic acids is 1. The summed E-state index contributed by atoms with van der Waals surface area (Å²) in [6.07, 6.45) is 0. The molecule has 0 heterocycles. The van der Waals surface area contributed by atoms with Gasteiger partial charge >= 0.3 is 21.6 Å². The maximum atomic E-state index is 12.3. The summed E-state index contributed by atoms with van der Waals surface area (Å²) in [5.41, 5.74) is -0.735. The molecule has 0 saturated heterocycles. The molecule has 118 valence electrons. The second kappa shape index (κ2) is 5.68. The Hall–Kier alpha value is -2.17. The molecule has 0 atom stereocenters. The first kappa shape index (κ1) is 16.9. The molecule has 0 aliphatic heterocycles. The largest absolute Gasteiger partial charge is 0.534 e. The van der Waals surface area contributed by atoms with Crippen LogP contribution in [0.2, 0.25) is 0 Å². The predicted octanol–water partition coefficient (Wildman–Crippen LogP) is 1.29. The van der Waals surface area contributed by atoms with E-state index in [1.807, 2.05) is 0 Å². The molecular weight excluding hydrogens is 319 g/mol. The number of hydrogen-bond donors (Lipinski definition) is 1. The minimum absolute atomic E-state index is 0.217. The minimum atomic E-state index is -5.89. The van der Waals surface area contributed by atoms with Crippen LogP contribution in [-0.4, -0.2) is 34.1 Å². The first-order valence-electron chi connectivity index (χ1n) is 5.10. The van der Waals surface area contributed by atoms with Gasteiger partial charge in [0.2, 0.25) is 0 Å². The Labute approximate surface area is 117 Å².